The van der Waals surface area contributed by atoms with E-state index in [1.807, 2.05) is 78.9 Å². The molecular formula is C34H41N3O4. The fourth-order valence-corrected chi connectivity index (χ4v) is 5.34. The molecule has 0 radical (unpaired) electrons. The fourth-order valence-electron chi connectivity index (χ4n) is 5.34. The van der Waals surface area contributed by atoms with Gasteiger partial charge in [0.2, 0.25) is 11.8 Å². The number of carbonyl (C=O) groups is 3. The molecule has 1 aliphatic carbocycles. The molecule has 7 heteroatoms. The zero-order valence-electron chi connectivity index (χ0n) is 23.8. The maximum absolute atomic E-state index is 13.6. The van der Waals surface area contributed by atoms with Crippen LogP contribution in [0.1, 0.15) is 55.2 Å². The lowest BCUT2D eigenvalue weighted by molar-refractivity contribution is -0.151. The van der Waals surface area contributed by atoms with E-state index >= 15 is 0 Å². The largest absolute Gasteiger partial charge is 0.459 e. The third-order valence-corrected chi connectivity index (χ3v) is 7.69. The molecule has 0 saturated heterocycles. The van der Waals surface area contributed by atoms with E-state index in [0.29, 0.717) is 13.0 Å². The maximum Gasteiger partial charge on any atom is 0.329 e. The van der Waals surface area contributed by atoms with Crippen molar-refractivity contribution in [2.24, 2.45) is 5.92 Å². The Hall–Kier alpha value is -3.97. The lowest BCUT2D eigenvalue weighted by Gasteiger charge is -2.26. The Labute approximate surface area is 243 Å². The van der Waals surface area contributed by atoms with E-state index < -0.39 is 18.1 Å². The molecule has 3 atom stereocenters. The fraction of sp³-hybridized carbons (Fsp3) is 0.382. The lowest BCUT2D eigenvalue weighted by Crippen LogP contribution is -2.55. The summed E-state index contributed by atoms with van der Waals surface area (Å²) < 4.78 is 5.64. The highest BCUT2D eigenvalue weighted by Crippen LogP contribution is 2.28. The van der Waals surface area contributed by atoms with Gasteiger partial charge in [-0.25, -0.2) is 4.79 Å². The summed E-state index contributed by atoms with van der Waals surface area (Å²) in [7, 11) is 0. The number of benzene rings is 3. The summed E-state index contributed by atoms with van der Waals surface area (Å²) in [5, 5.41) is 9.08. The van der Waals surface area contributed by atoms with Gasteiger partial charge in [-0.15, -0.1) is 0 Å². The standard InChI is InChI=1S/C34H41N3O4/c1-25(28-17-9-4-10-18-28)22-35-23-31(38)36-30(21-26-13-5-2-6-14-26)33(39)37-32(29-19-11-12-20-29)34(40)41-24-27-15-7-3-8-16-27/h2-10,13-18,25,29-30,32,35H,11-12,19-24H2,1H3,(H,36,38)(H,37,39)/t25-,30+,32?/m0/s1. The van der Waals surface area contributed by atoms with Gasteiger partial charge in [-0.3, -0.25) is 9.59 Å². The summed E-state index contributed by atoms with van der Waals surface area (Å²) in [5.41, 5.74) is 3.00. The van der Waals surface area contributed by atoms with E-state index in [1.54, 1.807) is 0 Å². The molecule has 1 saturated carbocycles. The van der Waals surface area contributed by atoms with Crippen molar-refractivity contribution >= 4 is 17.8 Å². The maximum atomic E-state index is 13.6. The minimum atomic E-state index is -0.830. The summed E-state index contributed by atoms with van der Waals surface area (Å²) in [5.74, 6) is -0.841. The molecule has 0 spiro atoms. The van der Waals surface area contributed by atoms with Gasteiger partial charge >= 0.3 is 5.97 Å². The summed E-state index contributed by atoms with van der Waals surface area (Å²) in [6.45, 7) is 2.97. The highest BCUT2D eigenvalue weighted by Gasteiger charge is 2.35. The molecule has 2 amide bonds. The van der Waals surface area contributed by atoms with E-state index in [-0.39, 0.29) is 36.8 Å². The number of esters is 1. The molecule has 0 heterocycles. The van der Waals surface area contributed by atoms with Gasteiger partial charge in [0.25, 0.3) is 0 Å². The molecule has 0 aromatic heterocycles. The molecule has 7 nitrogen and oxygen atoms in total. The lowest BCUT2D eigenvalue weighted by atomic mass is 9.97. The number of amides is 2. The molecule has 3 aromatic carbocycles. The number of hydrogen-bond donors (Lipinski definition) is 3. The van der Waals surface area contributed by atoms with Crippen LogP contribution in [0.2, 0.25) is 0 Å². The van der Waals surface area contributed by atoms with Crippen molar-refractivity contribution in [3.8, 4) is 0 Å². The van der Waals surface area contributed by atoms with Crippen LogP contribution in [-0.4, -0.2) is 43.0 Å². The Bertz CT molecular complexity index is 1230. The minimum Gasteiger partial charge on any atom is -0.459 e. The monoisotopic (exact) mass is 555 g/mol. The zero-order chi connectivity index (χ0) is 28.9. The van der Waals surface area contributed by atoms with Crippen LogP contribution in [0.15, 0.2) is 91.0 Å². The number of ether oxygens (including phenoxy) is 1. The summed E-state index contributed by atoms with van der Waals surface area (Å²) >= 11 is 0. The van der Waals surface area contributed by atoms with E-state index in [4.69, 9.17) is 4.74 Å². The summed E-state index contributed by atoms with van der Waals surface area (Å²) in [4.78, 5) is 39.8. The Morgan fingerprint density at radius 2 is 1.39 bits per heavy atom. The Morgan fingerprint density at radius 3 is 2.02 bits per heavy atom. The first kappa shape index (κ1) is 30.0. The highest BCUT2D eigenvalue weighted by molar-refractivity contribution is 5.91. The Kier molecular flexibility index (Phi) is 11.5. The van der Waals surface area contributed by atoms with Gasteiger partial charge in [0.15, 0.2) is 0 Å². The Balaban J connectivity index is 1.39. The average molecular weight is 556 g/mol. The Morgan fingerprint density at radius 1 is 0.805 bits per heavy atom. The first-order valence-electron chi connectivity index (χ1n) is 14.6. The predicted octanol–water partition coefficient (Wildman–Crippen LogP) is 4.53. The highest BCUT2D eigenvalue weighted by atomic mass is 16.5. The molecule has 0 aliphatic heterocycles. The third kappa shape index (κ3) is 9.57. The normalized spacial score (nSPS) is 15.4. The summed E-state index contributed by atoms with van der Waals surface area (Å²) in [6.07, 6.45) is 4.05. The van der Waals surface area contributed by atoms with Crippen molar-refractivity contribution in [1.82, 2.24) is 16.0 Å². The van der Waals surface area contributed by atoms with Gasteiger partial charge in [-0.2, -0.15) is 0 Å². The van der Waals surface area contributed by atoms with Crippen molar-refractivity contribution in [3.05, 3.63) is 108 Å². The van der Waals surface area contributed by atoms with Gasteiger partial charge in [0.05, 0.1) is 6.54 Å². The van der Waals surface area contributed by atoms with Crippen LogP contribution in [0.25, 0.3) is 0 Å². The number of nitrogens with one attached hydrogen (secondary N) is 3. The first-order chi connectivity index (χ1) is 20.0. The molecule has 4 rings (SSSR count). The summed E-state index contributed by atoms with van der Waals surface area (Å²) in [6, 6.07) is 27.6. The topological polar surface area (TPSA) is 96.5 Å². The van der Waals surface area contributed by atoms with Crippen LogP contribution in [0.4, 0.5) is 0 Å². The molecule has 3 N–H and O–H groups in total. The molecule has 3 aromatic rings. The van der Waals surface area contributed by atoms with Crippen LogP contribution < -0.4 is 16.0 Å². The van der Waals surface area contributed by atoms with Crippen molar-refractivity contribution in [2.75, 3.05) is 13.1 Å². The van der Waals surface area contributed by atoms with Crippen molar-refractivity contribution in [2.45, 2.75) is 63.6 Å². The molecule has 1 fully saturated rings. The number of carbonyl (C=O) groups excluding carboxylic acids is 3. The second-order valence-corrected chi connectivity index (χ2v) is 10.9. The van der Waals surface area contributed by atoms with Gasteiger partial charge in [-0.05, 0) is 41.4 Å². The molecule has 1 aliphatic rings. The van der Waals surface area contributed by atoms with Crippen LogP contribution in [0.3, 0.4) is 0 Å². The van der Waals surface area contributed by atoms with Crippen molar-refractivity contribution in [3.63, 3.8) is 0 Å². The van der Waals surface area contributed by atoms with Crippen molar-refractivity contribution in [1.29, 1.82) is 0 Å². The van der Waals surface area contributed by atoms with Crippen LogP contribution in [0.5, 0.6) is 0 Å². The molecule has 216 valence electrons. The first-order valence-corrected chi connectivity index (χ1v) is 14.6. The minimum absolute atomic E-state index is 0.0106. The number of hydrogen-bond acceptors (Lipinski definition) is 5. The second-order valence-electron chi connectivity index (χ2n) is 10.9. The van der Waals surface area contributed by atoms with Gasteiger partial charge in [-0.1, -0.05) is 111 Å². The SMILES string of the molecule is C[C@@H](CNCC(=O)N[C@H](Cc1ccccc1)C(=O)NC(C(=O)OCc1ccccc1)C1CCCC1)c1ccccc1. The predicted molar refractivity (Wildman–Crippen MR) is 160 cm³/mol. The smallest absolute Gasteiger partial charge is 0.329 e. The van der Waals surface area contributed by atoms with E-state index in [2.05, 4.69) is 35.0 Å². The molecule has 0 bridgehead atoms. The molecular weight excluding hydrogens is 514 g/mol. The van der Waals surface area contributed by atoms with E-state index in [9.17, 15) is 14.4 Å². The van der Waals surface area contributed by atoms with Crippen molar-refractivity contribution < 1.29 is 19.1 Å². The van der Waals surface area contributed by atoms with Gasteiger partial charge in [0.1, 0.15) is 18.7 Å². The molecule has 1 unspecified atom stereocenters. The zero-order valence-corrected chi connectivity index (χ0v) is 23.8. The molecule has 41 heavy (non-hydrogen) atoms. The van der Waals surface area contributed by atoms with Gasteiger partial charge in [0, 0.05) is 13.0 Å². The number of rotatable bonds is 14. The van der Waals surface area contributed by atoms with E-state index in [1.165, 1.54) is 5.56 Å². The third-order valence-electron chi connectivity index (χ3n) is 7.69. The van der Waals surface area contributed by atoms with Gasteiger partial charge < -0.3 is 20.7 Å². The van der Waals surface area contributed by atoms with Crippen LogP contribution in [0, 0.1) is 5.92 Å². The average Bonchev–Trinajstić information content (AvgIpc) is 3.54. The second kappa shape index (κ2) is 15.7. The van der Waals surface area contributed by atoms with Crippen LogP contribution in [-0.2, 0) is 32.1 Å². The van der Waals surface area contributed by atoms with Crippen LogP contribution >= 0.6 is 0 Å². The van der Waals surface area contributed by atoms with E-state index in [0.717, 1.165) is 36.8 Å². The quantitative estimate of drug-likeness (QED) is 0.254.